The first-order chi connectivity index (χ1) is 9.19. The molecule has 0 bridgehead atoms. The van der Waals surface area contributed by atoms with Crippen LogP contribution in [0.3, 0.4) is 0 Å². The summed E-state index contributed by atoms with van der Waals surface area (Å²) in [5, 5.41) is 3.55. The molecule has 0 heterocycles. The number of benzene rings is 1. The summed E-state index contributed by atoms with van der Waals surface area (Å²) in [7, 11) is 1.41. The van der Waals surface area contributed by atoms with Crippen molar-refractivity contribution in [1.29, 1.82) is 0 Å². The summed E-state index contributed by atoms with van der Waals surface area (Å²) in [4.78, 5) is 11.5. The zero-order chi connectivity index (χ0) is 13.7. The van der Waals surface area contributed by atoms with Gasteiger partial charge in [-0.05, 0) is 43.4 Å². The molecule has 1 aliphatic rings. The Balaban J connectivity index is 2.00. The minimum Gasteiger partial charge on any atom is -0.465 e. The number of anilines is 1. The lowest BCUT2D eigenvalue weighted by molar-refractivity contribution is 0.0601. The minimum atomic E-state index is -0.280. The Hall–Kier alpha value is -1.51. The highest BCUT2D eigenvalue weighted by Crippen LogP contribution is 2.25. The van der Waals surface area contributed by atoms with Gasteiger partial charge in [0.2, 0.25) is 0 Å². The minimum absolute atomic E-state index is 0.280. The molecule has 0 aromatic heterocycles. The van der Waals surface area contributed by atoms with E-state index in [1.807, 2.05) is 18.2 Å². The smallest absolute Gasteiger partial charge is 0.337 e. The molecule has 1 N–H and O–H groups in total. The number of rotatable bonds is 3. The van der Waals surface area contributed by atoms with Crippen LogP contribution in [0.15, 0.2) is 24.3 Å². The van der Waals surface area contributed by atoms with Gasteiger partial charge in [0.05, 0.1) is 12.7 Å². The molecule has 1 aliphatic carbocycles. The molecule has 3 nitrogen and oxygen atoms in total. The summed E-state index contributed by atoms with van der Waals surface area (Å²) in [6.45, 7) is 2.33. The lowest BCUT2D eigenvalue weighted by Crippen LogP contribution is -2.18. The van der Waals surface area contributed by atoms with E-state index < -0.39 is 0 Å². The van der Waals surface area contributed by atoms with Crippen LogP contribution in [0, 0.1) is 5.92 Å². The predicted octanol–water partition coefficient (Wildman–Crippen LogP) is 3.85. The second kappa shape index (κ2) is 6.60. The first-order valence-corrected chi connectivity index (χ1v) is 7.14. The Morgan fingerprint density at radius 1 is 1.26 bits per heavy atom. The number of methoxy groups -OCH3 is 1. The van der Waals surface area contributed by atoms with Crippen molar-refractivity contribution in [2.24, 2.45) is 5.92 Å². The second-order valence-corrected chi connectivity index (χ2v) is 5.53. The third kappa shape index (κ3) is 3.98. The maximum atomic E-state index is 11.5. The third-order valence-corrected chi connectivity index (χ3v) is 3.91. The molecule has 1 aromatic carbocycles. The summed E-state index contributed by atoms with van der Waals surface area (Å²) in [6, 6.07) is 8.10. The predicted molar refractivity (Wildman–Crippen MR) is 77.4 cm³/mol. The Kier molecular flexibility index (Phi) is 4.83. The van der Waals surface area contributed by atoms with E-state index >= 15 is 0 Å². The normalized spacial score (nSPS) is 23.5. The zero-order valence-corrected chi connectivity index (χ0v) is 11.8. The molecule has 0 radical (unpaired) electrons. The van der Waals surface area contributed by atoms with Gasteiger partial charge < -0.3 is 10.1 Å². The number of carbonyl (C=O) groups excluding carboxylic acids is 1. The molecule has 2 atom stereocenters. The van der Waals surface area contributed by atoms with Gasteiger partial charge in [-0.1, -0.05) is 25.8 Å². The van der Waals surface area contributed by atoms with Crippen molar-refractivity contribution in [2.45, 2.75) is 45.1 Å². The van der Waals surface area contributed by atoms with Crippen molar-refractivity contribution >= 4 is 11.7 Å². The molecule has 104 valence electrons. The van der Waals surface area contributed by atoms with Gasteiger partial charge >= 0.3 is 5.97 Å². The van der Waals surface area contributed by atoms with Crippen LogP contribution in [0.5, 0.6) is 0 Å². The lowest BCUT2D eigenvalue weighted by atomic mass is 10.0. The van der Waals surface area contributed by atoms with E-state index in [-0.39, 0.29) is 5.97 Å². The highest BCUT2D eigenvalue weighted by atomic mass is 16.5. The van der Waals surface area contributed by atoms with Crippen molar-refractivity contribution < 1.29 is 9.53 Å². The van der Waals surface area contributed by atoms with Gasteiger partial charge in [0.1, 0.15) is 0 Å². The third-order valence-electron chi connectivity index (χ3n) is 3.91. The van der Waals surface area contributed by atoms with Crippen molar-refractivity contribution in [2.75, 3.05) is 12.4 Å². The van der Waals surface area contributed by atoms with Crippen LogP contribution in [0.2, 0.25) is 0 Å². The largest absolute Gasteiger partial charge is 0.465 e. The van der Waals surface area contributed by atoms with E-state index in [4.69, 9.17) is 4.74 Å². The van der Waals surface area contributed by atoms with Crippen LogP contribution in [-0.2, 0) is 4.74 Å². The summed E-state index contributed by atoms with van der Waals surface area (Å²) < 4.78 is 4.75. The fourth-order valence-corrected chi connectivity index (χ4v) is 2.72. The van der Waals surface area contributed by atoms with Crippen LogP contribution in [0.4, 0.5) is 5.69 Å². The van der Waals surface area contributed by atoms with Gasteiger partial charge in [-0.2, -0.15) is 0 Å². The van der Waals surface area contributed by atoms with Gasteiger partial charge in [-0.15, -0.1) is 0 Å². The van der Waals surface area contributed by atoms with E-state index in [0.29, 0.717) is 11.6 Å². The SMILES string of the molecule is COC(=O)c1cccc(NC2CCCC(C)CC2)c1. The van der Waals surface area contributed by atoms with E-state index in [9.17, 15) is 4.79 Å². The molecule has 2 rings (SSSR count). The fraction of sp³-hybridized carbons (Fsp3) is 0.562. The van der Waals surface area contributed by atoms with Gasteiger partial charge in [0.15, 0.2) is 0 Å². The highest BCUT2D eigenvalue weighted by Gasteiger charge is 2.16. The number of hydrogen-bond donors (Lipinski definition) is 1. The molecule has 1 saturated carbocycles. The molecule has 1 fully saturated rings. The highest BCUT2D eigenvalue weighted by molar-refractivity contribution is 5.90. The lowest BCUT2D eigenvalue weighted by Gasteiger charge is -2.18. The summed E-state index contributed by atoms with van der Waals surface area (Å²) in [5.74, 6) is 0.561. The molecule has 0 spiro atoms. The van der Waals surface area contributed by atoms with Crippen LogP contribution in [0.25, 0.3) is 0 Å². The quantitative estimate of drug-likeness (QED) is 0.663. The van der Waals surface area contributed by atoms with Crippen LogP contribution in [0.1, 0.15) is 49.4 Å². The van der Waals surface area contributed by atoms with Gasteiger partial charge in [-0.25, -0.2) is 4.79 Å². The van der Waals surface area contributed by atoms with Crippen molar-refractivity contribution in [3.63, 3.8) is 0 Å². The molecular formula is C16H23NO2. The van der Waals surface area contributed by atoms with Crippen LogP contribution < -0.4 is 5.32 Å². The topological polar surface area (TPSA) is 38.3 Å². The van der Waals surface area contributed by atoms with Crippen molar-refractivity contribution in [3.8, 4) is 0 Å². The Labute approximate surface area is 115 Å². The van der Waals surface area contributed by atoms with E-state index in [2.05, 4.69) is 12.2 Å². The van der Waals surface area contributed by atoms with E-state index in [1.165, 1.54) is 39.2 Å². The Morgan fingerprint density at radius 3 is 2.89 bits per heavy atom. The van der Waals surface area contributed by atoms with Crippen molar-refractivity contribution in [3.05, 3.63) is 29.8 Å². The first-order valence-electron chi connectivity index (χ1n) is 7.14. The number of esters is 1. The van der Waals surface area contributed by atoms with E-state index in [1.54, 1.807) is 6.07 Å². The maximum absolute atomic E-state index is 11.5. The van der Waals surface area contributed by atoms with E-state index in [0.717, 1.165) is 11.6 Å². The first kappa shape index (κ1) is 13.9. The van der Waals surface area contributed by atoms with Gasteiger partial charge in [0, 0.05) is 11.7 Å². The molecule has 19 heavy (non-hydrogen) atoms. The van der Waals surface area contributed by atoms with Crippen LogP contribution >= 0.6 is 0 Å². The average Bonchev–Trinajstić information content (AvgIpc) is 2.63. The average molecular weight is 261 g/mol. The van der Waals surface area contributed by atoms with Gasteiger partial charge in [-0.3, -0.25) is 0 Å². The second-order valence-electron chi connectivity index (χ2n) is 5.53. The number of hydrogen-bond acceptors (Lipinski definition) is 3. The molecule has 0 aliphatic heterocycles. The monoisotopic (exact) mass is 261 g/mol. The standard InChI is InChI=1S/C16H23NO2/c1-12-5-3-7-14(10-9-12)17-15-8-4-6-13(11-15)16(18)19-2/h4,6,8,11-12,14,17H,3,5,7,9-10H2,1-2H3. The molecule has 2 unspecified atom stereocenters. The fourth-order valence-electron chi connectivity index (χ4n) is 2.72. The van der Waals surface area contributed by atoms with Crippen LogP contribution in [-0.4, -0.2) is 19.1 Å². The summed E-state index contributed by atoms with van der Waals surface area (Å²) in [5.41, 5.74) is 1.62. The molecule has 1 aromatic rings. The molecule has 0 amide bonds. The van der Waals surface area contributed by atoms with Gasteiger partial charge in [0.25, 0.3) is 0 Å². The summed E-state index contributed by atoms with van der Waals surface area (Å²) >= 11 is 0. The zero-order valence-electron chi connectivity index (χ0n) is 11.8. The molecule has 3 heteroatoms. The number of ether oxygens (including phenoxy) is 1. The number of carbonyl (C=O) groups is 1. The Bertz CT molecular complexity index is 431. The summed E-state index contributed by atoms with van der Waals surface area (Å²) in [6.07, 6.45) is 6.33. The Morgan fingerprint density at radius 2 is 2.11 bits per heavy atom. The molecular weight excluding hydrogens is 238 g/mol. The van der Waals surface area contributed by atoms with Crippen molar-refractivity contribution in [1.82, 2.24) is 0 Å². The molecule has 0 saturated heterocycles. The number of nitrogens with one attached hydrogen (secondary N) is 1. The maximum Gasteiger partial charge on any atom is 0.337 e.